The van der Waals surface area contributed by atoms with Crippen molar-refractivity contribution in [3.8, 4) is 0 Å². The molecular formula is C22H22N2O6. The van der Waals surface area contributed by atoms with Crippen molar-refractivity contribution in [2.24, 2.45) is 0 Å². The predicted molar refractivity (Wildman–Crippen MR) is 110 cm³/mol. The van der Waals surface area contributed by atoms with E-state index in [0.717, 1.165) is 5.56 Å². The van der Waals surface area contributed by atoms with Crippen LogP contribution in [0.1, 0.15) is 15.9 Å². The largest absolute Gasteiger partial charge is 0.466 e. The lowest BCUT2D eigenvalue weighted by Gasteiger charge is -2.31. The molecule has 0 aliphatic carbocycles. The number of methoxy groups -OCH3 is 2. The SMILES string of the molecule is COC(=O)C1=C(C(=O)OC)N(c2ccc(NC(=O)c3ccccc3)c(C)c2)COC1. The highest BCUT2D eigenvalue weighted by atomic mass is 16.5. The fourth-order valence-electron chi connectivity index (χ4n) is 3.09. The fraction of sp³-hybridized carbons (Fsp3) is 0.227. The number of anilines is 2. The van der Waals surface area contributed by atoms with E-state index in [9.17, 15) is 14.4 Å². The second-order valence-electron chi connectivity index (χ2n) is 6.54. The smallest absolute Gasteiger partial charge is 0.355 e. The number of ether oxygens (including phenoxy) is 3. The highest BCUT2D eigenvalue weighted by molar-refractivity contribution is 6.05. The van der Waals surface area contributed by atoms with E-state index in [-0.39, 0.29) is 30.5 Å². The fourth-order valence-corrected chi connectivity index (χ4v) is 3.09. The summed E-state index contributed by atoms with van der Waals surface area (Å²) in [7, 11) is 2.48. The summed E-state index contributed by atoms with van der Waals surface area (Å²) in [5.74, 6) is -1.56. The average Bonchev–Trinajstić information content (AvgIpc) is 2.79. The number of carbonyl (C=O) groups excluding carboxylic acids is 3. The van der Waals surface area contributed by atoms with Crippen molar-refractivity contribution >= 4 is 29.2 Å². The van der Waals surface area contributed by atoms with Crippen LogP contribution in [0.5, 0.6) is 0 Å². The zero-order valence-corrected chi connectivity index (χ0v) is 16.9. The summed E-state index contributed by atoms with van der Waals surface area (Å²) >= 11 is 0. The van der Waals surface area contributed by atoms with Crippen LogP contribution < -0.4 is 10.2 Å². The van der Waals surface area contributed by atoms with Crippen LogP contribution in [0.4, 0.5) is 11.4 Å². The molecule has 1 aliphatic rings. The molecule has 30 heavy (non-hydrogen) atoms. The molecule has 0 aromatic heterocycles. The molecule has 156 valence electrons. The lowest BCUT2D eigenvalue weighted by molar-refractivity contribution is -0.140. The first kappa shape index (κ1) is 21.1. The third-order valence-corrected chi connectivity index (χ3v) is 4.64. The highest BCUT2D eigenvalue weighted by Crippen LogP contribution is 2.29. The van der Waals surface area contributed by atoms with Crippen molar-refractivity contribution in [3.05, 3.63) is 70.9 Å². The first-order valence-electron chi connectivity index (χ1n) is 9.18. The van der Waals surface area contributed by atoms with Gasteiger partial charge in [-0.05, 0) is 42.8 Å². The molecule has 2 aromatic carbocycles. The second kappa shape index (κ2) is 9.23. The van der Waals surface area contributed by atoms with Gasteiger partial charge in [-0.1, -0.05) is 18.2 Å². The maximum absolute atomic E-state index is 12.4. The quantitative estimate of drug-likeness (QED) is 0.758. The summed E-state index contributed by atoms with van der Waals surface area (Å²) in [6.45, 7) is 1.83. The Labute approximate surface area is 174 Å². The summed E-state index contributed by atoms with van der Waals surface area (Å²) in [4.78, 5) is 38.5. The lowest BCUT2D eigenvalue weighted by Crippen LogP contribution is -2.38. The molecule has 2 aromatic rings. The highest BCUT2D eigenvalue weighted by Gasteiger charge is 2.32. The van der Waals surface area contributed by atoms with Gasteiger partial charge in [-0.25, -0.2) is 9.59 Å². The number of carbonyl (C=O) groups is 3. The van der Waals surface area contributed by atoms with Gasteiger partial charge in [-0.15, -0.1) is 0 Å². The van der Waals surface area contributed by atoms with E-state index >= 15 is 0 Å². The van der Waals surface area contributed by atoms with Crippen molar-refractivity contribution in [1.82, 2.24) is 0 Å². The Morgan fingerprint density at radius 2 is 1.70 bits per heavy atom. The van der Waals surface area contributed by atoms with E-state index in [1.165, 1.54) is 19.1 Å². The summed E-state index contributed by atoms with van der Waals surface area (Å²) in [5, 5.41) is 2.87. The number of hydrogen-bond donors (Lipinski definition) is 1. The minimum Gasteiger partial charge on any atom is -0.466 e. The van der Waals surface area contributed by atoms with E-state index in [2.05, 4.69) is 5.32 Å². The van der Waals surface area contributed by atoms with Crippen LogP contribution in [0.2, 0.25) is 0 Å². The van der Waals surface area contributed by atoms with Crippen molar-refractivity contribution in [2.75, 3.05) is 37.8 Å². The molecule has 8 heteroatoms. The Kier molecular flexibility index (Phi) is 6.48. The Hall–Kier alpha value is -3.65. The Morgan fingerprint density at radius 3 is 2.33 bits per heavy atom. The molecule has 1 heterocycles. The summed E-state index contributed by atoms with van der Waals surface area (Å²) in [6.07, 6.45) is 0. The van der Waals surface area contributed by atoms with Crippen molar-refractivity contribution in [3.63, 3.8) is 0 Å². The Bertz CT molecular complexity index is 1000. The predicted octanol–water partition coefficient (Wildman–Crippen LogP) is 2.64. The Balaban J connectivity index is 1.91. The number of esters is 2. The van der Waals surface area contributed by atoms with Crippen molar-refractivity contribution in [1.29, 1.82) is 0 Å². The van der Waals surface area contributed by atoms with Gasteiger partial charge in [0.15, 0.2) is 0 Å². The second-order valence-corrected chi connectivity index (χ2v) is 6.54. The summed E-state index contributed by atoms with van der Waals surface area (Å²) < 4.78 is 15.1. The average molecular weight is 410 g/mol. The molecule has 0 radical (unpaired) electrons. The standard InChI is InChI=1S/C22H22N2O6/c1-14-11-16(9-10-18(14)23-20(25)15-7-5-4-6-8-15)24-13-30-12-17(21(26)28-2)19(24)22(27)29-3/h4-11H,12-13H2,1-3H3,(H,23,25). The third kappa shape index (κ3) is 4.33. The number of nitrogens with one attached hydrogen (secondary N) is 1. The van der Waals surface area contributed by atoms with Crippen LogP contribution in [-0.2, 0) is 23.8 Å². The topological polar surface area (TPSA) is 94.2 Å². The van der Waals surface area contributed by atoms with Gasteiger partial charge in [0, 0.05) is 16.9 Å². The van der Waals surface area contributed by atoms with Gasteiger partial charge in [0.2, 0.25) is 0 Å². The molecule has 0 bridgehead atoms. The number of hydrogen-bond acceptors (Lipinski definition) is 7. The van der Waals surface area contributed by atoms with E-state index in [1.54, 1.807) is 42.5 Å². The number of benzene rings is 2. The third-order valence-electron chi connectivity index (χ3n) is 4.64. The van der Waals surface area contributed by atoms with Crippen LogP contribution >= 0.6 is 0 Å². The normalized spacial score (nSPS) is 13.6. The molecular weight excluding hydrogens is 388 g/mol. The van der Waals surface area contributed by atoms with Gasteiger partial charge in [0.05, 0.1) is 26.4 Å². The van der Waals surface area contributed by atoms with Gasteiger partial charge < -0.3 is 24.4 Å². The molecule has 0 unspecified atom stereocenters. The first-order chi connectivity index (χ1) is 14.5. The van der Waals surface area contributed by atoms with Crippen LogP contribution in [0.15, 0.2) is 59.8 Å². The van der Waals surface area contributed by atoms with Crippen LogP contribution in [0.3, 0.4) is 0 Å². The maximum Gasteiger partial charge on any atom is 0.355 e. The maximum atomic E-state index is 12.4. The first-order valence-corrected chi connectivity index (χ1v) is 9.18. The molecule has 0 saturated heterocycles. The van der Waals surface area contributed by atoms with Crippen LogP contribution in [0, 0.1) is 6.92 Å². The number of amides is 1. The van der Waals surface area contributed by atoms with Crippen molar-refractivity contribution < 1.29 is 28.6 Å². The summed E-state index contributed by atoms with van der Waals surface area (Å²) in [6, 6.07) is 14.1. The molecule has 1 N–H and O–H groups in total. The molecule has 8 nitrogen and oxygen atoms in total. The van der Waals surface area contributed by atoms with Gasteiger partial charge in [-0.2, -0.15) is 0 Å². The van der Waals surface area contributed by atoms with Crippen LogP contribution in [-0.4, -0.2) is 45.4 Å². The summed E-state index contributed by atoms with van der Waals surface area (Å²) in [5.41, 5.74) is 2.69. The zero-order chi connectivity index (χ0) is 21.7. The van der Waals surface area contributed by atoms with E-state index in [0.29, 0.717) is 16.9 Å². The van der Waals surface area contributed by atoms with Crippen molar-refractivity contribution in [2.45, 2.75) is 6.92 Å². The molecule has 1 amide bonds. The lowest BCUT2D eigenvalue weighted by atomic mass is 10.1. The molecule has 0 spiro atoms. The molecule has 1 aliphatic heterocycles. The van der Waals surface area contributed by atoms with Gasteiger partial charge in [-0.3, -0.25) is 4.79 Å². The molecule has 0 fully saturated rings. The number of aryl methyl sites for hydroxylation is 1. The number of nitrogens with zero attached hydrogens (tertiary/aromatic N) is 1. The molecule has 0 saturated carbocycles. The van der Waals surface area contributed by atoms with E-state index < -0.39 is 11.9 Å². The van der Waals surface area contributed by atoms with E-state index in [1.807, 2.05) is 13.0 Å². The van der Waals surface area contributed by atoms with Crippen LogP contribution in [0.25, 0.3) is 0 Å². The van der Waals surface area contributed by atoms with Gasteiger partial charge in [0.1, 0.15) is 12.4 Å². The zero-order valence-electron chi connectivity index (χ0n) is 16.9. The minimum atomic E-state index is -0.669. The molecule has 3 rings (SSSR count). The van der Waals surface area contributed by atoms with E-state index in [4.69, 9.17) is 14.2 Å². The minimum absolute atomic E-state index is 0.0556. The molecule has 0 atom stereocenters. The van der Waals surface area contributed by atoms with Gasteiger partial charge >= 0.3 is 11.9 Å². The number of rotatable bonds is 5. The Morgan fingerprint density at radius 1 is 1.00 bits per heavy atom. The monoisotopic (exact) mass is 410 g/mol. The van der Waals surface area contributed by atoms with Gasteiger partial charge in [0.25, 0.3) is 5.91 Å².